The fraction of sp³-hybridized carbons (Fsp3) is 0.533. The van der Waals surface area contributed by atoms with Crippen molar-refractivity contribution in [3.8, 4) is 5.75 Å². The predicted molar refractivity (Wildman–Crippen MR) is 80.9 cm³/mol. The maximum Gasteiger partial charge on any atom is 0.201 e. The van der Waals surface area contributed by atoms with E-state index >= 15 is 0 Å². The number of methoxy groups -OCH3 is 1. The van der Waals surface area contributed by atoms with Crippen molar-refractivity contribution in [2.45, 2.75) is 19.9 Å². The molecular formula is C15H22N4O. The number of nitrogens with two attached hydrogens (primary N) is 1. The van der Waals surface area contributed by atoms with Crippen LogP contribution in [0.1, 0.15) is 13.3 Å². The summed E-state index contributed by atoms with van der Waals surface area (Å²) in [6, 6.07) is 5.91. The lowest BCUT2D eigenvalue weighted by Gasteiger charge is -2.15. The quantitative estimate of drug-likeness (QED) is 0.926. The number of aromatic nitrogens is 2. The Morgan fingerprint density at radius 2 is 2.30 bits per heavy atom. The number of hydrogen-bond acceptors (Lipinski definition) is 4. The molecule has 20 heavy (non-hydrogen) atoms. The highest BCUT2D eigenvalue weighted by Crippen LogP contribution is 2.26. The summed E-state index contributed by atoms with van der Waals surface area (Å²) in [5.74, 6) is 2.10. The van der Waals surface area contributed by atoms with Crippen molar-refractivity contribution in [1.29, 1.82) is 0 Å². The van der Waals surface area contributed by atoms with Crippen LogP contribution in [-0.4, -0.2) is 41.2 Å². The minimum atomic E-state index is 0.600. The lowest BCUT2D eigenvalue weighted by Crippen LogP contribution is -2.21. The minimum absolute atomic E-state index is 0.600. The molecule has 0 radical (unpaired) electrons. The summed E-state index contributed by atoms with van der Waals surface area (Å²) in [6.45, 7) is 6.63. The van der Waals surface area contributed by atoms with Gasteiger partial charge in [0.15, 0.2) is 0 Å². The summed E-state index contributed by atoms with van der Waals surface area (Å²) < 4.78 is 7.43. The Labute approximate surface area is 119 Å². The summed E-state index contributed by atoms with van der Waals surface area (Å²) in [5.41, 5.74) is 8.09. The molecule has 1 atom stereocenters. The van der Waals surface area contributed by atoms with Gasteiger partial charge in [-0.3, -0.25) is 0 Å². The summed E-state index contributed by atoms with van der Waals surface area (Å²) in [6.07, 6.45) is 1.23. The Kier molecular flexibility index (Phi) is 3.53. The molecule has 0 spiro atoms. The van der Waals surface area contributed by atoms with Gasteiger partial charge < -0.3 is 19.9 Å². The van der Waals surface area contributed by atoms with E-state index in [4.69, 9.17) is 10.5 Å². The number of nitrogen functional groups attached to an aromatic ring is 1. The molecule has 1 aliphatic rings. The Morgan fingerprint density at radius 1 is 1.45 bits per heavy atom. The molecule has 2 aromatic rings. The molecular weight excluding hydrogens is 252 g/mol. The van der Waals surface area contributed by atoms with Crippen molar-refractivity contribution < 1.29 is 4.74 Å². The third-order valence-corrected chi connectivity index (χ3v) is 4.24. The van der Waals surface area contributed by atoms with E-state index in [1.54, 1.807) is 7.11 Å². The van der Waals surface area contributed by atoms with Crippen LogP contribution in [0.3, 0.4) is 0 Å². The number of rotatable bonds is 4. The van der Waals surface area contributed by atoms with Crippen LogP contribution in [0.15, 0.2) is 18.2 Å². The van der Waals surface area contributed by atoms with Gasteiger partial charge in [0.05, 0.1) is 18.1 Å². The average molecular weight is 274 g/mol. The van der Waals surface area contributed by atoms with Crippen molar-refractivity contribution in [3.05, 3.63) is 18.2 Å². The number of likely N-dealkylation sites (tertiary alicyclic amines) is 1. The fourth-order valence-corrected chi connectivity index (χ4v) is 3.05. The maximum absolute atomic E-state index is 6.09. The van der Waals surface area contributed by atoms with Crippen LogP contribution in [-0.2, 0) is 6.54 Å². The third-order valence-electron chi connectivity index (χ3n) is 4.24. The zero-order valence-corrected chi connectivity index (χ0v) is 12.2. The van der Waals surface area contributed by atoms with Crippen LogP contribution >= 0.6 is 0 Å². The second-order valence-corrected chi connectivity index (χ2v) is 5.48. The SMILES string of the molecule is CCN1CCC(Cn2c(N)nc3ccc(OC)cc32)C1. The van der Waals surface area contributed by atoms with Gasteiger partial charge >= 0.3 is 0 Å². The molecule has 108 valence electrons. The number of fused-ring (bicyclic) bond motifs is 1. The van der Waals surface area contributed by atoms with E-state index in [1.807, 2.05) is 18.2 Å². The molecule has 0 amide bonds. The second-order valence-electron chi connectivity index (χ2n) is 5.48. The third kappa shape index (κ3) is 2.33. The molecule has 0 aliphatic carbocycles. The number of ether oxygens (including phenoxy) is 1. The van der Waals surface area contributed by atoms with Gasteiger partial charge in [-0.1, -0.05) is 6.92 Å². The first-order valence-corrected chi connectivity index (χ1v) is 7.23. The molecule has 0 saturated carbocycles. The van der Waals surface area contributed by atoms with Gasteiger partial charge in [0.2, 0.25) is 5.95 Å². The largest absolute Gasteiger partial charge is 0.497 e. The van der Waals surface area contributed by atoms with E-state index in [0.717, 1.165) is 36.4 Å². The minimum Gasteiger partial charge on any atom is -0.497 e. The van der Waals surface area contributed by atoms with Crippen molar-refractivity contribution in [2.75, 3.05) is 32.5 Å². The summed E-state index contributed by atoms with van der Waals surface area (Å²) in [7, 11) is 1.68. The molecule has 5 heteroatoms. The van der Waals surface area contributed by atoms with Gasteiger partial charge in [0.25, 0.3) is 0 Å². The molecule has 2 heterocycles. The molecule has 1 aromatic heterocycles. The number of benzene rings is 1. The smallest absolute Gasteiger partial charge is 0.201 e. The van der Waals surface area contributed by atoms with E-state index in [-0.39, 0.29) is 0 Å². The number of imidazole rings is 1. The second kappa shape index (κ2) is 5.32. The first kappa shape index (κ1) is 13.2. The van der Waals surface area contributed by atoms with Crippen molar-refractivity contribution in [1.82, 2.24) is 14.5 Å². The lowest BCUT2D eigenvalue weighted by molar-refractivity contribution is 0.334. The van der Waals surface area contributed by atoms with Gasteiger partial charge in [0, 0.05) is 19.2 Å². The molecule has 1 aromatic carbocycles. The lowest BCUT2D eigenvalue weighted by atomic mass is 10.1. The number of nitrogens with zero attached hydrogens (tertiary/aromatic N) is 3. The highest BCUT2D eigenvalue weighted by Gasteiger charge is 2.23. The van der Waals surface area contributed by atoms with Crippen LogP contribution < -0.4 is 10.5 Å². The molecule has 1 aliphatic heterocycles. The highest BCUT2D eigenvalue weighted by molar-refractivity contribution is 5.79. The Morgan fingerprint density at radius 3 is 3.00 bits per heavy atom. The first-order valence-electron chi connectivity index (χ1n) is 7.23. The van der Waals surface area contributed by atoms with E-state index in [0.29, 0.717) is 11.9 Å². The maximum atomic E-state index is 6.09. The molecule has 3 rings (SSSR count). The predicted octanol–water partition coefficient (Wildman–Crippen LogP) is 1.97. The van der Waals surface area contributed by atoms with Crippen LogP contribution in [0.2, 0.25) is 0 Å². The summed E-state index contributed by atoms with van der Waals surface area (Å²) in [5, 5.41) is 0. The molecule has 2 N–H and O–H groups in total. The monoisotopic (exact) mass is 274 g/mol. The van der Waals surface area contributed by atoms with E-state index < -0.39 is 0 Å². The molecule has 1 fully saturated rings. The van der Waals surface area contributed by atoms with Crippen LogP contribution in [0, 0.1) is 5.92 Å². The zero-order chi connectivity index (χ0) is 14.1. The topological polar surface area (TPSA) is 56.3 Å². The van der Waals surface area contributed by atoms with Gasteiger partial charge in [-0.25, -0.2) is 4.98 Å². The Hall–Kier alpha value is -1.75. The fourth-order valence-electron chi connectivity index (χ4n) is 3.05. The van der Waals surface area contributed by atoms with Crippen LogP contribution in [0.25, 0.3) is 11.0 Å². The average Bonchev–Trinajstić information content (AvgIpc) is 3.04. The van der Waals surface area contributed by atoms with Crippen molar-refractivity contribution in [2.24, 2.45) is 5.92 Å². The number of hydrogen-bond donors (Lipinski definition) is 1. The normalized spacial score (nSPS) is 19.8. The van der Waals surface area contributed by atoms with E-state index in [1.165, 1.54) is 13.0 Å². The zero-order valence-electron chi connectivity index (χ0n) is 12.2. The van der Waals surface area contributed by atoms with Crippen LogP contribution in [0.5, 0.6) is 5.75 Å². The van der Waals surface area contributed by atoms with Crippen molar-refractivity contribution >= 4 is 17.0 Å². The summed E-state index contributed by atoms with van der Waals surface area (Å²) in [4.78, 5) is 6.93. The molecule has 0 bridgehead atoms. The van der Waals surface area contributed by atoms with E-state index in [2.05, 4.69) is 21.4 Å². The van der Waals surface area contributed by atoms with Crippen LogP contribution in [0.4, 0.5) is 5.95 Å². The number of anilines is 1. The Balaban J connectivity index is 1.88. The van der Waals surface area contributed by atoms with Gasteiger partial charge in [0.1, 0.15) is 5.75 Å². The first-order chi connectivity index (χ1) is 9.71. The van der Waals surface area contributed by atoms with E-state index in [9.17, 15) is 0 Å². The standard InChI is InChI=1S/C15H22N4O/c1-3-18-7-6-11(9-18)10-19-14-8-12(20-2)4-5-13(14)17-15(19)16/h4-5,8,11H,3,6-7,9-10H2,1-2H3,(H2,16,17). The van der Waals surface area contributed by atoms with Crippen molar-refractivity contribution in [3.63, 3.8) is 0 Å². The molecule has 1 unspecified atom stereocenters. The highest BCUT2D eigenvalue weighted by atomic mass is 16.5. The van der Waals surface area contributed by atoms with Gasteiger partial charge in [-0.15, -0.1) is 0 Å². The van der Waals surface area contributed by atoms with Gasteiger partial charge in [-0.2, -0.15) is 0 Å². The molecule has 5 nitrogen and oxygen atoms in total. The molecule has 1 saturated heterocycles. The van der Waals surface area contributed by atoms with Gasteiger partial charge in [-0.05, 0) is 37.6 Å². The summed E-state index contributed by atoms with van der Waals surface area (Å²) >= 11 is 0. The Bertz CT molecular complexity index is 607.